The number of amides is 1. The smallest absolute Gasteiger partial charge is 0.264 e. The fourth-order valence-corrected chi connectivity index (χ4v) is 4.52. The van der Waals surface area contributed by atoms with E-state index < -0.39 is 22.5 Å². The molecular weight excluding hydrogens is 467 g/mol. The Kier molecular flexibility index (Phi) is 7.26. The first kappa shape index (κ1) is 22.4. The normalized spacial score (nSPS) is 11.2. The van der Waals surface area contributed by atoms with E-state index >= 15 is 0 Å². The number of hydrogen-bond acceptors (Lipinski definition) is 3. The summed E-state index contributed by atoms with van der Waals surface area (Å²) in [5.41, 5.74) is 1.06. The molecule has 0 aromatic heterocycles. The van der Waals surface area contributed by atoms with E-state index in [2.05, 4.69) is 5.32 Å². The van der Waals surface area contributed by atoms with Gasteiger partial charge in [0.1, 0.15) is 6.54 Å². The lowest BCUT2D eigenvalue weighted by Crippen LogP contribution is -2.40. The third kappa shape index (κ3) is 5.46. The maximum atomic E-state index is 13.2. The van der Waals surface area contributed by atoms with Crippen molar-refractivity contribution in [2.24, 2.45) is 0 Å². The fraction of sp³-hybridized carbons (Fsp3) is 0.0952. The van der Waals surface area contributed by atoms with Crippen molar-refractivity contribution in [2.75, 3.05) is 10.8 Å². The van der Waals surface area contributed by atoms with Crippen molar-refractivity contribution in [1.82, 2.24) is 5.32 Å². The van der Waals surface area contributed by atoms with Crippen LogP contribution >= 0.6 is 34.8 Å². The lowest BCUT2D eigenvalue weighted by atomic mass is 10.2. The summed E-state index contributed by atoms with van der Waals surface area (Å²) >= 11 is 17.9. The van der Waals surface area contributed by atoms with Crippen molar-refractivity contribution >= 4 is 56.4 Å². The van der Waals surface area contributed by atoms with Gasteiger partial charge in [0, 0.05) is 11.6 Å². The molecular formula is C21H17Cl3N2O3S. The van der Waals surface area contributed by atoms with Crippen molar-refractivity contribution < 1.29 is 13.2 Å². The van der Waals surface area contributed by atoms with E-state index in [1.54, 1.807) is 42.5 Å². The van der Waals surface area contributed by atoms with E-state index in [4.69, 9.17) is 34.8 Å². The molecule has 1 amide bonds. The van der Waals surface area contributed by atoms with Gasteiger partial charge in [-0.3, -0.25) is 9.10 Å². The molecule has 3 rings (SSSR count). The Bertz CT molecular complexity index is 1140. The quantitative estimate of drug-likeness (QED) is 0.505. The third-order valence-corrected chi connectivity index (χ3v) is 6.99. The zero-order valence-corrected chi connectivity index (χ0v) is 18.6. The lowest BCUT2D eigenvalue weighted by Gasteiger charge is -2.24. The van der Waals surface area contributed by atoms with E-state index in [1.165, 1.54) is 30.3 Å². The highest BCUT2D eigenvalue weighted by Crippen LogP contribution is 2.30. The largest absolute Gasteiger partial charge is 0.350 e. The Morgan fingerprint density at radius 2 is 1.53 bits per heavy atom. The molecule has 0 aliphatic carbocycles. The molecule has 0 spiro atoms. The molecule has 0 heterocycles. The van der Waals surface area contributed by atoms with Gasteiger partial charge in [-0.1, -0.05) is 65.1 Å². The van der Waals surface area contributed by atoms with Gasteiger partial charge in [-0.15, -0.1) is 0 Å². The van der Waals surface area contributed by atoms with Gasteiger partial charge >= 0.3 is 0 Å². The highest BCUT2D eigenvalue weighted by molar-refractivity contribution is 7.92. The number of benzene rings is 3. The van der Waals surface area contributed by atoms with Crippen LogP contribution in [0.5, 0.6) is 0 Å². The average molecular weight is 484 g/mol. The number of rotatable bonds is 7. The highest BCUT2D eigenvalue weighted by atomic mass is 35.5. The van der Waals surface area contributed by atoms with Crippen LogP contribution in [0.2, 0.25) is 15.1 Å². The third-order valence-electron chi connectivity index (χ3n) is 4.21. The van der Waals surface area contributed by atoms with Crippen LogP contribution in [0, 0.1) is 0 Å². The second-order valence-electron chi connectivity index (χ2n) is 6.33. The molecule has 0 unspecified atom stereocenters. The van der Waals surface area contributed by atoms with Crippen LogP contribution in [-0.4, -0.2) is 20.9 Å². The lowest BCUT2D eigenvalue weighted by molar-refractivity contribution is -0.119. The number of sulfonamides is 1. The molecule has 0 saturated carbocycles. The van der Waals surface area contributed by atoms with Crippen LogP contribution < -0.4 is 9.62 Å². The van der Waals surface area contributed by atoms with Crippen LogP contribution in [0.25, 0.3) is 0 Å². The maximum absolute atomic E-state index is 13.2. The number of hydrogen-bond donors (Lipinski definition) is 1. The first-order valence-electron chi connectivity index (χ1n) is 8.81. The first-order valence-corrected chi connectivity index (χ1v) is 11.4. The van der Waals surface area contributed by atoms with Crippen LogP contribution in [0.15, 0.2) is 77.7 Å². The van der Waals surface area contributed by atoms with Crippen molar-refractivity contribution in [2.45, 2.75) is 11.4 Å². The molecule has 3 aromatic carbocycles. The Balaban J connectivity index is 1.86. The van der Waals surface area contributed by atoms with Gasteiger partial charge in [-0.2, -0.15) is 0 Å². The number of nitrogens with zero attached hydrogens (tertiary/aromatic N) is 1. The van der Waals surface area contributed by atoms with Crippen LogP contribution in [0.4, 0.5) is 5.69 Å². The molecule has 0 fully saturated rings. The first-order chi connectivity index (χ1) is 14.3. The van der Waals surface area contributed by atoms with Crippen molar-refractivity contribution in [3.63, 3.8) is 0 Å². The zero-order chi connectivity index (χ0) is 21.7. The Morgan fingerprint density at radius 3 is 2.17 bits per heavy atom. The minimum absolute atomic E-state index is 0.0570. The van der Waals surface area contributed by atoms with Crippen molar-refractivity contribution in [1.29, 1.82) is 0 Å². The molecule has 0 bridgehead atoms. The average Bonchev–Trinajstić information content (AvgIpc) is 2.74. The van der Waals surface area contributed by atoms with Gasteiger partial charge < -0.3 is 5.32 Å². The van der Waals surface area contributed by atoms with Gasteiger partial charge in [-0.05, 0) is 48.0 Å². The molecule has 0 saturated heterocycles. The molecule has 0 atom stereocenters. The fourth-order valence-electron chi connectivity index (χ4n) is 2.66. The van der Waals surface area contributed by atoms with Crippen molar-refractivity contribution in [3.05, 3.63) is 93.4 Å². The summed E-state index contributed by atoms with van der Waals surface area (Å²) in [6.45, 7) is -0.195. The number of anilines is 1. The van der Waals surface area contributed by atoms with Crippen molar-refractivity contribution in [3.8, 4) is 0 Å². The number of carbonyl (C=O) groups excluding carboxylic acids is 1. The minimum atomic E-state index is -4.01. The van der Waals surface area contributed by atoms with Crippen LogP contribution in [0.1, 0.15) is 5.56 Å². The molecule has 0 radical (unpaired) electrons. The van der Waals surface area contributed by atoms with Crippen LogP contribution in [0.3, 0.4) is 0 Å². The Morgan fingerprint density at radius 1 is 0.867 bits per heavy atom. The molecule has 0 aliphatic rings. The predicted molar refractivity (Wildman–Crippen MR) is 121 cm³/mol. The maximum Gasteiger partial charge on any atom is 0.264 e. The number of halogens is 3. The molecule has 9 heteroatoms. The molecule has 1 N–H and O–H groups in total. The van der Waals surface area contributed by atoms with Gasteiger partial charge in [0.2, 0.25) is 5.91 Å². The summed E-state index contributed by atoms with van der Waals surface area (Å²) < 4.78 is 27.5. The van der Waals surface area contributed by atoms with Gasteiger partial charge in [0.15, 0.2) is 0 Å². The van der Waals surface area contributed by atoms with Gasteiger partial charge in [-0.25, -0.2) is 8.42 Å². The SMILES string of the molecule is O=C(CN(c1ccc(Cl)c(Cl)c1)S(=O)(=O)c1ccccc1)NCc1ccc(Cl)cc1. The zero-order valence-electron chi connectivity index (χ0n) is 15.6. The second-order valence-corrected chi connectivity index (χ2v) is 9.44. The Hall–Kier alpha value is -2.25. The topological polar surface area (TPSA) is 66.5 Å². The molecule has 156 valence electrons. The van der Waals surface area contributed by atoms with Gasteiger partial charge in [0.25, 0.3) is 10.0 Å². The molecule has 3 aromatic rings. The minimum Gasteiger partial charge on any atom is -0.350 e. The molecule has 30 heavy (non-hydrogen) atoms. The number of carbonyl (C=O) groups is 1. The summed E-state index contributed by atoms with van der Waals surface area (Å²) in [5, 5.41) is 3.78. The van der Waals surface area contributed by atoms with E-state index in [1.807, 2.05) is 0 Å². The summed E-state index contributed by atoms with van der Waals surface area (Å²) in [5.74, 6) is -0.476. The number of nitrogens with one attached hydrogen (secondary N) is 1. The summed E-state index contributed by atoms with van der Waals surface area (Å²) in [6.07, 6.45) is 0. The highest BCUT2D eigenvalue weighted by Gasteiger charge is 2.27. The standard InChI is InChI=1S/C21H17Cl3N2O3S/c22-16-8-6-15(7-9-16)13-25-21(27)14-26(17-10-11-19(23)20(24)12-17)30(28,29)18-4-2-1-3-5-18/h1-12H,13-14H2,(H,25,27). The van der Waals surface area contributed by atoms with Crippen LogP contribution in [-0.2, 0) is 21.4 Å². The second kappa shape index (κ2) is 9.71. The summed E-state index contributed by atoms with van der Waals surface area (Å²) in [4.78, 5) is 12.7. The molecule has 5 nitrogen and oxygen atoms in total. The van der Waals surface area contributed by atoms with Gasteiger partial charge in [0.05, 0.1) is 20.6 Å². The monoisotopic (exact) mass is 482 g/mol. The van der Waals surface area contributed by atoms with E-state index in [0.717, 1.165) is 9.87 Å². The van der Waals surface area contributed by atoms with E-state index in [0.29, 0.717) is 5.02 Å². The van der Waals surface area contributed by atoms with E-state index in [9.17, 15) is 13.2 Å². The van der Waals surface area contributed by atoms with E-state index in [-0.39, 0.29) is 27.2 Å². The summed E-state index contributed by atoms with van der Waals surface area (Å²) in [6, 6.07) is 19.2. The molecule has 0 aliphatic heterocycles. The predicted octanol–water partition coefficient (Wildman–Crippen LogP) is 5.16. The Labute approximate surface area is 190 Å². The summed E-state index contributed by atoms with van der Waals surface area (Å²) in [7, 11) is -4.01.